The normalized spacial score (nSPS) is 10.8. The van der Waals surface area contributed by atoms with E-state index in [0.29, 0.717) is 0 Å². The van der Waals surface area contributed by atoms with Gasteiger partial charge >= 0.3 is 0 Å². The Morgan fingerprint density at radius 1 is 0.739 bits per heavy atom. The molecule has 0 fully saturated rings. The van der Waals surface area contributed by atoms with Gasteiger partial charge in [-0.05, 0) is 49.6 Å². The second kappa shape index (κ2) is 5.92. The van der Waals surface area contributed by atoms with E-state index >= 15 is 0 Å². The van der Waals surface area contributed by atoms with Crippen LogP contribution in [0.3, 0.4) is 0 Å². The van der Waals surface area contributed by atoms with Crippen LogP contribution in [-0.4, -0.2) is 4.98 Å². The van der Waals surface area contributed by atoms with Gasteiger partial charge in [0.05, 0.1) is 0 Å². The summed E-state index contributed by atoms with van der Waals surface area (Å²) in [4.78, 5) is 4.56. The second-order valence-corrected chi connectivity index (χ2v) is 6.28. The maximum absolute atomic E-state index is 4.56. The van der Waals surface area contributed by atoms with Crippen molar-refractivity contribution in [1.29, 1.82) is 0 Å². The first-order valence-electron chi connectivity index (χ1n) is 7.86. The Labute approximate surface area is 137 Å². The number of pyridine rings is 3. The Morgan fingerprint density at radius 3 is 2.13 bits per heavy atom. The molecule has 0 amide bonds. The van der Waals surface area contributed by atoms with Gasteiger partial charge in [-0.15, -0.1) is 0 Å². The largest absolute Gasteiger partial charge is 0.277 e. The molecule has 0 unspecified atom stereocenters. The average molecular weight is 305 g/mol. The van der Waals surface area contributed by atoms with Crippen LogP contribution in [0.2, 0.25) is 0 Å². The lowest BCUT2D eigenvalue weighted by Gasteiger charge is -2.07. The molecule has 3 aromatic heterocycles. The molecule has 0 aromatic carbocycles. The van der Waals surface area contributed by atoms with Gasteiger partial charge in [-0.1, -0.05) is 0 Å². The summed E-state index contributed by atoms with van der Waals surface area (Å²) in [6.07, 6.45) is 3.98. The van der Waals surface area contributed by atoms with E-state index in [0.717, 1.165) is 11.4 Å². The molecule has 0 N–H and O–H groups in total. The van der Waals surface area contributed by atoms with Gasteiger partial charge in [0.2, 0.25) is 5.69 Å². The molecule has 3 heteroatoms. The van der Waals surface area contributed by atoms with Gasteiger partial charge in [-0.3, -0.25) is 0 Å². The Morgan fingerprint density at radius 2 is 1.39 bits per heavy atom. The predicted molar refractivity (Wildman–Crippen MR) is 91.7 cm³/mol. The van der Waals surface area contributed by atoms with Crippen LogP contribution < -0.4 is 9.13 Å². The summed E-state index contributed by atoms with van der Waals surface area (Å²) in [6.45, 7) is 6.36. The topological polar surface area (TPSA) is 20.6 Å². The number of rotatable bonds is 2. The van der Waals surface area contributed by atoms with Crippen molar-refractivity contribution in [3.05, 3.63) is 65.5 Å². The minimum atomic E-state index is 1.01. The van der Waals surface area contributed by atoms with E-state index in [1.54, 1.807) is 0 Å². The summed E-state index contributed by atoms with van der Waals surface area (Å²) in [5.74, 6) is 0. The van der Waals surface area contributed by atoms with Crippen LogP contribution in [0, 0.1) is 20.8 Å². The smallest absolute Gasteiger partial charge is 0.250 e. The Bertz CT molecular complexity index is 882. The molecular weight excluding hydrogens is 282 g/mol. The number of aromatic nitrogens is 3. The van der Waals surface area contributed by atoms with Crippen LogP contribution in [0.15, 0.2) is 48.8 Å². The van der Waals surface area contributed by atoms with Crippen molar-refractivity contribution in [1.82, 2.24) is 4.98 Å². The van der Waals surface area contributed by atoms with Gasteiger partial charge in [0.15, 0.2) is 6.20 Å². The molecular formula is C20H23N3+2. The minimum absolute atomic E-state index is 1.01. The molecule has 0 saturated carbocycles. The lowest BCUT2D eigenvalue weighted by molar-refractivity contribution is -0.685. The van der Waals surface area contributed by atoms with Crippen molar-refractivity contribution in [3.8, 4) is 22.8 Å². The van der Waals surface area contributed by atoms with Gasteiger partial charge in [0.1, 0.15) is 19.8 Å². The third kappa shape index (κ3) is 3.00. The van der Waals surface area contributed by atoms with Gasteiger partial charge < -0.3 is 0 Å². The van der Waals surface area contributed by atoms with Crippen LogP contribution in [0.5, 0.6) is 0 Å². The third-order valence-corrected chi connectivity index (χ3v) is 4.20. The maximum Gasteiger partial charge on any atom is 0.277 e. The zero-order chi connectivity index (χ0) is 16.6. The molecule has 3 nitrogen and oxygen atoms in total. The van der Waals surface area contributed by atoms with Crippen molar-refractivity contribution in [2.24, 2.45) is 14.1 Å². The highest BCUT2D eigenvalue weighted by atomic mass is 15.0. The Kier molecular flexibility index (Phi) is 3.95. The van der Waals surface area contributed by atoms with Crippen molar-refractivity contribution < 1.29 is 9.13 Å². The van der Waals surface area contributed by atoms with Gasteiger partial charge in [0.25, 0.3) is 11.4 Å². The van der Waals surface area contributed by atoms with Crippen LogP contribution in [-0.2, 0) is 14.1 Å². The summed E-state index contributed by atoms with van der Waals surface area (Å²) < 4.78 is 4.39. The van der Waals surface area contributed by atoms with E-state index in [1.807, 2.05) is 12.3 Å². The zero-order valence-corrected chi connectivity index (χ0v) is 14.5. The highest BCUT2D eigenvalue weighted by Gasteiger charge is 2.24. The van der Waals surface area contributed by atoms with E-state index in [4.69, 9.17) is 0 Å². The minimum Gasteiger partial charge on any atom is -0.250 e. The summed E-state index contributed by atoms with van der Waals surface area (Å²) in [5.41, 5.74) is 8.24. The Balaban J connectivity index is 2.26. The lowest BCUT2D eigenvalue weighted by atomic mass is 10.1. The van der Waals surface area contributed by atoms with Gasteiger partial charge in [-0.2, -0.15) is 9.13 Å². The fourth-order valence-electron chi connectivity index (χ4n) is 2.89. The molecule has 0 bridgehead atoms. The van der Waals surface area contributed by atoms with Crippen molar-refractivity contribution >= 4 is 0 Å². The van der Waals surface area contributed by atoms with E-state index < -0.39 is 0 Å². The highest BCUT2D eigenvalue weighted by Crippen LogP contribution is 2.20. The number of hydrogen-bond acceptors (Lipinski definition) is 1. The molecule has 0 radical (unpaired) electrons. The first kappa shape index (κ1) is 15.3. The van der Waals surface area contributed by atoms with Gasteiger partial charge in [-0.25, -0.2) is 4.98 Å². The Hall–Kier alpha value is -2.55. The molecule has 0 saturated heterocycles. The molecule has 0 aliphatic carbocycles. The summed E-state index contributed by atoms with van der Waals surface area (Å²) >= 11 is 0. The number of hydrogen-bond donors (Lipinski definition) is 0. The van der Waals surface area contributed by atoms with Gasteiger partial charge in [0, 0.05) is 30.5 Å². The molecule has 0 aliphatic rings. The monoisotopic (exact) mass is 305 g/mol. The fraction of sp³-hybridized carbons (Fsp3) is 0.250. The van der Waals surface area contributed by atoms with Crippen molar-refractivity contribution in [2.75, 3.05) is 0 Å². The van der Waals surface area contributed by atoms with Crippen molar-refractivity contribution in [3.63, 3.8) is 0 Å². The lowest BCUT2D eigenvalue weighted by Crippen LogP contribution is -2.40. The third-order valence-electron chi connectivity index (χ3n) is 4.20. The van der Waals surface area contributed by atoms with E-state index in [-0.39, 0.29) is 0 Å². The van der Waals surface area contributed by atoms with Crippen LogP contribution in [0.4, 0.5) is 0 Å². The van der Waals surface area contributed by atoms with E-state index in [9.17, 15) is 0 Å². The molecule has 3 heterocycles. The molecule has 3 rings (SSSR count). The number of aryl methyl sites for hydroxylation is 4. The van der Waals surface area contributed by atoms with Crippen LogP contribution in [0.1, 0.15) is 16.7 Å². The average Bonchev–Trinajstić information content (AvgIpc) is 2.52. The van der Waals surface area contributed by atoms with E-state index in [2.05, 4.69) is 85.5 Å². The molecule has 23 heavy (non-hydrogen) atoms. The molecule has 3 aromatic rings. The standard InChI is InChI=1S/C20H23N3/c1-14-6-8-21-17(10-14)18-12-16(3)13-20(23(18)5)19-11-15(2)7-9-22(19)4/h6-13H,1-5H3/q+2. The van der Waals surface area contributed by atoms with E-state index in [1.165, 1.54) is 28.1 Å². The zero-order valence-electron chi connectivity index (χ0n) is 14.5. The summed E-state index contributed by atoms with van der Waals surface area (Å²) in [5, 5.41) is 0. The molecule has 0 aliphatic heterocycles. The fourth-order valence-corrected chi connectivity index (χ4v) is 2.89. The number of nitrogens with zero attached hydrogens (tertiary/aromatic N) is 3. The van der Waals surface area contributed by atoms with Crippen LogP contribution >= 0.6 is 0 Å². The quantitative estimate of drug-likeness (QED) is 0.667. The highest BCUT2D eigenvalue weighted by molar-refractivity contribution is 5.57. The summed E-state index contributed by atoms with van der Waals surface area (Å²) in [7, 11) is 4.19. The predicted octanol–water partition coefficient (Wildman–Crippen LogP) is 2.99. The molecule has 116 valence electrons. The first-order chi connectivity index (χ1) is 11.0. The molecule has 0 spiro atoms. The van der Waals surface area contributed by atoms with Crippen molar-refractivity contribution in [2.45, 2.75) is 20.8 Å². The maximum atomic E-state index is 4.56. The molecule has 0 atom stereocenters. The second-order valence-electron chi connectivity index (χ2n) is 6.28. The summed E-state index contributed by atoms with van der Waals surface area (Å²) in [6, 6.07) is 12.9. The first-order valence-corrected chi connectivity index (χ1v) is 7.86. The SMILES string of the molecule is Cc1ccnc(-c2cc(C)cc(-c3cc(C)cc[n+]3C)[n+]2C)c1. The van der Waals surface area contributed by atoms with Crippen LogP contribution in [0.25, 0.3) is 22.8 Å².